The van der Waals surface area contributed by atoms with Crippen molar-refractivity contribution in [3.63, 3.8) is 0 Å². The van der Waals surface area contributed by atoms with Crippen LogP contribution in [0.1, 0.15) is 88.2 Å². The van der Waals surface area contributed by atoms with Gasteiger partial charge in [-0.2, -0.15) is 0 Å². The van der Waals surface area contributed by atoms with Gasteiger partial charge in [0.2, 0.25) is 0 Å². The van der Waals surface area contributed by atoms with Gasteiger partial charge in [-0.1, -0.05) is 38.3 Å². The van der Waals surface area contributed by atoms with Gasteiger partial charge >= 0.3 is 0 Å². The minimum atomic E-state index is -1.16. The molecule has 0 bridgehead atoms. The minimum absolute atomic E-state index is 0.0149. The molecule has 2 aromatic carbocycles. The number of hydrogen-bond donors (Lipinski definition) is 0. The lowest BCUT2D eigenvalue weighted by Gasteiger charge is -2.38. The van der Waals surface area contributed by atoms with E-state index in [0.29, 0.717) is 17.9 Å². The van der Waals surface area contributed by atoms with Gasteiger partial charge in [0.05, 0.1) is 6.67 Å². The Morgan fingerprint density at radius 1 is 0.706 bits per heavy atom. The lowest BCUT2D eigenvalue weighted by Crippen LogP contribution is -2.25. The van der Waals surface area contributed by atoms with E-state index >= 15 is 0 Å². The number of aryl methyl sites for hydroxylation is 1. The zero-order valence-electron chi connectivity index (χ0n) is 20.1. The standard InChI is InChI=1S/C23H34F2.C6H3F3/c1-2-3-18-6-13-22(23(25)16-18)21-11-9-20(10-12-21)19-7-4-17(5-8-19)14-15-24;7-4-1-2-5(8)6(9)3-4/h6,13,16-17,19-21H,2-5,7-12,14-15H2,1H3;1-3H. The number of alkyl halides is 1. The first-order valence-electron chi connectivity index (χ1n) is 12.9. The Balaban J connectivity index is 0.000000302. The van der Waals surface area contributed by atoms with Crippen LogP contribution in [0.5, 0.6) is 0 Å². The summed E-state index contributed by atoms with van der Waals surface area (Å²) in [6.45, 7) is 1.99. The molecule has 2 saturated carbocycles. The third kappa shape index (κ3) is 7.55. The third-order valence-corrected chi connectivity index (χ3v) is 7.77. The first-order valence-corrected chi connectivity index (χ1v) is 12.9. The summed E-state index contributed by atoms with van der Waals surface area (Å²) < 4.78 is 62.9. The Labute approximate surface area is 201 Å². The highest BCUT2D eigenvalue weighted by molar-refractivity contribution is 5.27. The molecule has 188 valence electrons. The van der Waals surface area contributed by atoms with E-state index in [9.17, 15) is 22.0 Å². The van der Waals surface area contributed by atoms with Crippen molar-refractivity contribution >= 4 is 0 Å². The van der Waals surface area contributed by atoms with E-state index < -0.39 is 17.5 Å². The van der Waals surface area contributed by atoms with Gasteiger partial charge in [0.1, 0.15) is 11.6 Å². The molecule has 0 radical (unpaired) electrons. The Morgan fingerprint density at radius 3 is 1.88 bits per heavy atom. The van der Waals surface area contributed by atoms with Crippen LogP contribution >= 0.6 is 0 Å². The molecular formula is C29H37F5. The zero-order valence-corrected chi connectivity index (χ0v) is 20.1. The largest absolute Gasteiger partial charge is 0.251 e. The van der Waals surface area contributed by atoms with Crippen molar-refractivity contribution in [3.05, 3.63) is 70.8 Å². The molecule has 2 fully saturated rings. The van der Waals surface area contributed by atoms with Crippen molar-refractivity contribution in [2.75, 3.05) is 6.67 Å². The molecule has 0 amide bonds. The summed E-state index contributed by atoms with van der Waals surface area (Å²) in [7, 11) is 0. The number of halogens is 5. The van der Waals surface area contributed by atoms with Crippen molar-refractivity contribution in [1.29, 1.82) is 0 Å². The van der Waals surface area contributed by atoms with E-state index in [1.54, 1.807) is 6.07 Å². The predicted octanol–water partition coefficient (Wildman–Crippen LogP) is 9.32. The second-order valence-corrected chi connectivity index (χ2v) is 10.0. The predicted molar refractivity (Wildman–Crippen MR) is 127 cm³/mol. The normalized spacial score (nSPS) is 24.9. The molecule has 0 atom stereocenters. The van der Waals surface area contributed by atoms with E-state index in [2.05, 4.69) is 13.0 Å². The summed E-state index contributed by atoms with van der Waals surface area (Å²) in [5, 5.41) is 0. The molecule has 2 aliphatic carbocycles. The molecule has 0 saturated heterocycles. The molecule has 0 aromatic heterocycles. The maximum absolute atomic E-state index is 14.5. The monoisotopic (exact) mass is 480 g/mol. The van der Waals surface area contributed by atoms with Crippen molar-refractivity contribution in [1.82, 2.24) is 0 Å². The Kier molecular flexibility index (Phi) is 10.4. The van der Waals surface area contributed by atoms with Crippen LogP contribution in [0.2, 0.25) is 0 Å². The van der Waals surface area contributed by atoms with E-state index in [-0.39, 0.29) is 12.5 Å². The Morgan fingerprint density at radius 2 is 1.35 bits per heavy atom. The Hall–Kier alpha value is -1.91. The van der Waals surface area contributed by atoms with Gasteiger partial charge in [-0.25, -0.2) is 17.6 Å². The summed E-state index contributed by atoms with van der Waals surface area (Å²) in [4.78, 5) is 0. The summed E-state index contributed by atoms with van der Waals surface area (Å²) >= 11 is 0. The van der Waals surface area contributed by atoms with Crippen molar-refractivity contribution in [2.24, 2.45) is 17.8 Å². The van der Waals surface area contributed by atoms with Crippen LogP contribution in [0.4, 0.5) is 22.0 Å². The van der Waals surface area contributed by atoms with E-state index in [1.807, 2.05) is 6.07 Å². The lowest BCUT2D eigenvalue weighted by molar-refractivity contribution is 0.152. The molecule has 2 aliphatic rings. The highest BCUT2D eigenvalue weighted by Crippen LogP contribution is 2.44. The van der Waals surface area contributed by atoms with Crippen LogP contribution in [0.25, 0.3) is 0 Å². The number of benzene rings is 2. The van der Waals surface area contributed by atoms with Crippen molar-refractivity contribution in [2.45, 2.75) is 83.5 Å². The molecule has 0 unspecified atom stereocenters. The molecule has 0 N–H and O–H groups in total. The fourth-order valence-corrected chi connectivity index (χ4v) is 5.82. The molecule has 34 heavy (non-hydrogen) atoms. The van der Waals surface area contributed by atoms with Crippen LogP contribution in [0.15, 0.2) is 36.4 Å². The van der Waals surface area contributed by atoms with Gasteiger partial charge in [-0.3, -0.25) is 4.39 Å². The second kappa shape index (κ2) is 13.3. The third-order valence-electron chi connectivity index (χ3n) is 7.77. The quantitative estimate of drug-likeness (QED) is 0.285. The van der Waals surface area contributed by atoms with Crippen LogP contribution in [0, 0.1) is 41.0 Å². The average molecular weight is 481 g/mol. The summed E-state index contributed by atoms with van der Waals surface area (Å²) in [5.74, 6) is -0.233. The van der Waals surface area contributed by atoms with Gasteiger partial charge < -0.3 is 0 Å². The molecule has 0 heterocycles. The highest BCUT2D eigenvalue weighted by Gasteiger charge is 2.31. The average Bonchev–Trinajstić information content (AvgIpc) is 2.83. The van der Waals surface area contributed by atoms with Gasteiger partial charge in [0.15, 0.2) is 11.6 Å². The summed E-state index contributed by atoms with van der Waals surface area (Å²) in [6, 6.07) is 8.03. The number of hydrogen-bond acceptors (Lipinski definition) is 0. The molecule has 4 rings (SSSR count). The van der Waals surface area contributed by atoms with Crippen molar-refractivity contribution < 1.29 is 22.0 Å². The Bertz CT molecular complexity index is 880. The second-order valence-electron chi connectivity index (χ2n) is 10.0. The maximum atomic E-state index is 14.5. The molecule has 2 aromatic rings. The molecule has 0 aliphatic heterocycles. The molecule has 5 heteroatoms. The number of rotatable bonds is 6. The van der Waals surface area contributed by atoms with Crippen LogP contribution in [-0.2, 0) is 6.42 Å². The fourth-order valence-electron chi connectivity index (χ4n) is 5.82. The zero-order chi connectivity index (χ0) is 24.5. The minimum Gasteiger partial charge on any atom is -0.251 e. The molecule has 0 nitrogen and oxygen atoms in total. The smallest absolute Gasteiger partial charge is 0.161 e. The summed E-state index contributed by atoms with van der Waals surface area (Å²) in [6.07, 6.45) is 12.6. The first kappa shape index (κ1) is 26.7. The van der Waals surface area contributed by atoms with Crippen LogP contribution < -0.4 is 0 Å². The maximum Gasteiger partial charge on any atom is 0.161 e. The topological polar surface area (TPSA) is 0 Å². The van der Waals surface area contributed by atoms with E-state index in [1.165, 1.54) is 38.5 Å². The fraction of sp³-hybridized carbons (Fsp3) is 0.586. The van der Waals surface area contributed by atoms with Crippen LogP contribution in [-0.4, -0.2) is 6.67 Å². The molecular weight excluding hydrogens is 443 g/mol. The molecule has 0 spiro atoms. The summed E-state index contributed by atoms with van der Waals surface area (Å²) in [5.41, 5.74) is 2.08. The van der Waals surface area contributed by atoms with Crippen molar-refractivity contribution in [3.8, 4) is 0 Å². The van der Waals surface area contributed by atoms with E-state index in [4.69, 9.17) is 0 Å². The van der Waals surface area contributed by atoms with E-state index in [0.717, 1.165) is 67.2 Å². The van der Waals surface area contributed by atoms with Gasteiger partial charge in [0, 0.05) is 6.07 Å². The first-order chi connectivity index (χ1) is 16.4. The highest BCUT2D eigenvalue weighted by atomic mass is 19.2. The SMILES string of the molecule is CCCc1ccc(C2CCC(C3CCC(CCF)CC3)CC2)c(F)c1.Fc1ccc(F)c(F)c1. The van der Waals surface area contributed by atoms with Gasteiger partial charge in [-0.05, 0) is 104 Å². The van der Waals surface area contributed by atoms with Gasteiger partial charge in [-0.15, -0.1) is 0 Å². The van der Waals surface area contributed by atoms with Gasteiger partial charge in [0.25, 0.3) is 0 Å². The van der Waals surface area contributed by atoms with Crippen LogP contribution in [0.3, 0.4) is 0 Å². The lowest BCUT2D eigenvalue weighted by atomic mass is 9.68.